The van der Waals surface area contributed by atoms with Crippen LogP contribution in [0.5, 0.6) is 0 Å². The SMILES string of the molecule is CCC(O)CSCC(NC(=O)OC(C)(C)C)C(=O)O. The van der Waals surface area contributed by atoms with E-state index >= 15 is 0 Å². The first-order valence-corrected chi connectivity index (χ1v) is 7.29. The lowest BCUT2D eigenvalue weighted by atomic mass is 10.2. The zero-order chi connectivity index (χ0) is 15.1. The molecule has 2 unspecified atom stereocenters. The topological polar surface area (TPSA) is 95.9 Å². The Morgan fingerprint density at radius 3 is 2.32 bits per heavy atom. The third-order valence-corrected chi connectivity index (χ3v) is 3.24. The van der Waals surface area contributed by atoms with Crippen LogP contribution in [0, 0.1) is 0 Å². The third kappa shape index (κ3) is 9.61. The van der Waals surface area contributed by atoms with E-state index < -0.39 is 29.8 Å². The van der Waals surface area contributed by atoms with Crippen molar-refractivity contribution in [1.29, 1.82) is 0 Å². The first-order valence-electron chi connectivity index (χ1n) is 6.13. The number of amides is 1. The van der Waals surface area contributed by atoms with Gasteiger partial charge in [0.2, 0.25) is 0 Å². The van der Waals surface area contributed by atoms with E-state index in [2.05, 4.69) is 5.32 Å². The van der Waals surface area contributed by atoms with Gasteiger partial charge >= 0.3 is 12.1 Å². The predicted octanol–water partition coefficient (Wildman–Crippen LogP) is 1.47. The molecule has 0 radical (unpaired) electrons. The number of carboxylic acid groups (broad SMARTS) is 1. The average molecular weight is 293 g/mol. The van der Waals surface area contributed by atoms with Crippen LogP contribution in [0.3, 0.4) is 0 Å². The first kappa shape index (κ1) is 18.0. The normalized spacial score (nSPS) is 14.6. The molecule has 0 aromatic rings. The zero-order valence-corrected chi connectivity index (χ0v) is 12.6. The molecule has 6 nitrogen and oxygen atoms in total. The summed E-state index contributed by atoms with van der Waals surface area (Å²) in [5.41, 5.74) is -0.668. The molecule has 0 heterocycles. The largest absolute Gasteiger partial charge is 0.480 e. The number of alkyl carbamates (subject to hydrolysis) is 1. The van der Waals surface area contributed by atoms with Crippen LogP contribution in [0.1, 0.15) is 34.1 Å². The van der Waals surface area contributed by atoms with Gasteiger partial charge in [-0.05, 0) is 27.2 Å². The molecule has 0 spiro atoms. The summed E-state index contributed by atoms with van der Waals surface area (Å²) < 4.78 is 4.99. The number of nitrogens with one attached hydrogen (secondary N) is 1. The summed E-state index contributed by atoms with van der Waals surface area (Å²) >= 11 is 1.28. The van der Waals surface area contributed by atoms with E-state index in [1.54, 1.807) is 20.8 Å². The number of aliphatic hydroxyl groups excluding tert-OH is 1. The fourth-order valence-electron chi connectivity index (χ4n) is 1.06. The Balaban J connectivity index is 4.20. The van der Waals surface area contributed by atoms with Gasteiger partial charge in [-0.3, -0.25) is 0 Å². The number of thioether (sulfide) groups is 1. The summed E-state index contributed by atoms with van der Waals surface area (Å²) in [5, 5.41) is 20.7. The second kappa shape index (κ2) is 8.27. The second-order valence-corrected chi connectivity index (χ2v) is 6.21. The summed E-state index contributed by atoms with van der Waals surface area (Å²) in [6, 6.07) is -1.02. The van der Waals surface area contributed by atoms with Crippen molar-refractivity contribution in [3.63, 3.8) is 0 Å². The number of carbonyl (C=O) groups is 2. The van der Waals surface area contributed by atoms with E-state index in [0.29, 0.717) is 12.2 Å². The van der Waals surface area contributed by atoms with Crippen LogP contribution in [0.4, 0.5) is 4.79 Å². The highest BCUT2D eigenvalue weighted by Crippen LogP contribution is 2.10. The third-order valence-electron chi connectivity index (χ3n) is 2.06. The molecule has 0 aliphatic carbocycles. The van der Waals surface area contributed by atoms with Crippen molar-refractivity contribution < 1.29 is 24.5 Å². The van der Waals surface area contributed by atoms with Gasteiger partial charge in [-0.25, -0.2) is 9.59 Å². The standard InChI is InChI=1S/C12H23NO5S/c1-5-8(14)6-19-7-9(10(15)16)13-11(17)18-12(2,3)4/h8-9,14H,5-7H2,1-4H3,(H,13,17)(H,15,16). The van der Waals surface area contributed by atoms with E-state index in [0.717, 1.165) is 0 Å². The van der Waals surface area contributed by atoms with Crippen LogP contribution in [0.2, 0.25) is 0 Å². The summed E-state index contributed by atoms with van der Waals surface area (Å²) in [6.45, 7) is 6.96. The lowest BCUT2D eigenvalue weighted by Gasteiger charge is -2.22. The molecule has 0 rings (SSSR count). The average Bonchev–Trinajstić information content (AvgIpc) is 2.24. The summed E-state index contributed by atoms with van der Waals surface area (Å²) in [7, 11) is 0. The number of hydrogen-bond acceptors (Lipinski definition) is 5. The zero-order valence-electron chi connectivity index (χ0n) is 11.8. The molecule has 0 bridgehead atoms. The minimum atomic E-state index is -1.12. The molecule has 0 aromatic heterocycles. The summed E-state index contributed by atoms with van der Waals surface area (Å²) in [5.74, 6) is -0.494. The highest BCUT2D eigenvalue weighted by Gasteiger charge is 2.24. The molecule has 19 heavy (non-hydrogen) atoms. The van der Waals surface area contributed by atoms with E-state index in [4.69, 9.17) is 9.84 Å². The fourth-order valence-corrected chi connectivity index (χ4v) is 2.17. The Hall–Kier alpha value is -0.950. The molecule has 112 valence electrons. The van der Waals surface area contributed by atoms with Gasteiger partial charge in [0.15, 0.2) is 0 Å². The van der Waals surface area contributed by atoms with Crippen LogP contribution in [0.15, 0.2) is 0 Å². The molecule has 7 heteroatoms. The minimum absolute atomic E-state index is 0.186. The second-order valence-electron chi connectivity index (χ2n) is 5.14. The van der Waals surface area contributed by atoms with Gasteiger partial charge in [-0.1, -0.05) is 6.92 Å². The monoisotopic (exact) mass is 293 g/mol. The van der Waals surface area contributed by atoms with Gasteiger partial charge in [-0.2, -0.15) is 11.8 Å². The molecule has 0 aliphatic heterocycles. The van der Waals surface area contributed by atoms with Crippen molar-refractivity contribution >= 4 is 23.8 Å². The maximum absolute atomic E-state index is 11.5. The van der Waals surface area contributed by atoms with Crippen molar-refractivity contribution in [1.82, 2.24) is 5.32 Å². The number of rotatable bonds is 7. The van der Waals surface area contributed by atoms with Gasteiger partial charge in [0.1, 0.15) is 11.6 Å². The molecule has 0 saturated carbocycles. The Morgan fingerprint density at radius 1 is 1.32 bits per heavy atom. The van der Waals surface area contributed by atoms with Crippen LogP contribution in [0.25, 0.3) is 0 Å². The lowest BCUT2D eigenvalue weighted by molar-refractivity contribution is -0.138. The van der Waals surface area contributed by atoms with Gasteiger partial charge in [0.25, 0.3) is 0 Å². The van der Waals surface area contributed by atoms with Crippen LogP contribution >= 0.6 is 11.8 Å². The fraction of sp³-hybridized carbons (Fsp3) is 0.833. The molecule has 0 aliphatic rings. The number of aliphatic hydroxyl groups is 1. The van der Waals surface area contributed by atoms with E-state index in [1.807, 2.05) is 6.92 Å². The number of aliphatic carboxylic acids is 1. The molecular weight excluding hydrogens is 270 g/mol. The Bertz CT molecular complexity index is 303. The van der Waals surface area contributed by atoms with Crippen LogP contribution in [-0.2, 0) is 9.53 Å². The van der Waals surface area contributed by atoms with E-state index in [1.165, 1.54) is 11.8 Å². The molecule has 3 N–H and O–H groups in total. The smallest absolute Gasteiger partial charge is 0.408 e. The highest BCUT2D eigenvalue weighted by molar-refractivity contribution is 7.99. The van der Waals surface area contributed by atoms with E-state index in [9.17, 15) is 14.7 Å². The van der Waals surface area contributed by atoms with Gasteiger partial charge in [0, 0.05) is 11.5 Å². The number of hydrogen-bond donors (Lipinski definition) is 3. The maximum Gasteiger partial charge on any atom is 0.408 e. The molecule has 0 aromatic carbocycles. The minimum Gasteiger partial charge on any atom is -0.480 e. The van der Waals surface area contributed by atoms with E-state index in [-0.39, 0.29) is 5.75 Å². The van der Waals surface area contributed by atoms with Crippen molar-refractivity contribution in [2.75, 3.05) is 11.5 Å². The highest BCUT2D eigenvalue weighted by atomic mass is 32.2. The van der Waals surface area contributed by atoms with Crippen molar-refractivity contribution in [2.24, 2.45) is 0 Å². The van der Waals surface area contributed by atoms with Gasteiger partial charge in [-0.15, -0.1) is 0 Å². The van der Waals surface area contributed by atoms with Gasteiger partial charge in [0.05, 0.1) is 6.10 Å². The number of carbonyl (C=O) groups excluding carboxylic acids is 1. The number of ether oxygens (including phenoxy) is 1. The Kier molecular flexibility index (Phi) is 7.85. The van der Waals surface area contributed by atoms with Crippen LogP contribution < -0.4 is 5.32 Å². The quantitative estimate of drug-likeness (QED) is 0.658. The molecular formula is C12H23NO5S. The lowest BCUT2D eigenvalue weighted by Crippen LogP contribution is -2.45. The molecule has 2 atom stereocenters. The molecule has 1 amide bonds. The van der Waals surface area contributed by atoms with Crippen molar-refractivity contribution in [2.45, 2.75) is 51.9 Å². The van der Waals surface area contributed by atoms with Crippen LogP contribution in [-0.4, -0.2) is 51.5 Å². The van der Waals surface area contributed by atoms with Crippen molar-refractivity contribution in [3.8, 4) is 0 Å². The Labute approximate surface area is 117 Å². The maximum atomic E-state index is 11.5. The summed E-state index contributed by atoms with van der Waals surface area (Å²) in [6.07, 6.45) is -0.595. The predicted molar refractivity (Wildman–Crippen MR) is 74.4 cm³/mol. The number of carboxylic acids is 1. The van der Waals surface area contributed by atoms with Gasteiger partial charge < -0.3 is 20.3 Å². The van der Waals surface area contributed by atoms with Crippen molar-refractivity contribution in [3.05, 3.63) is 0 Å². The molecule has 0 saturated heterocycles. The first-order chi connectivity index (χ1) is 8.65. The summed E-state index contributed by atoms with van der Waals surface area (Å²) in [4.78, 5) is 22.5. The molecule has 0 fully saturated rings. The Morgan fingerprint density at radius 2 is 1.89 bits per heavy atom.